The molecule has 3 N–H and O–H groups in total. The van der Waals surface area contributed by atoms with E-state index in [4.69, 9.17) is 5.73 Å². The Morgan fingerprint density at radius 2 is 2.09 bits per heavy atom. The molecule has 1 aromatic carbocycles. The predicted molar refractivity (Wildman–Crippen MR) is 98.7 cm³/mol. The molecule has 128 valence electrons. The molecule has 0 amide bonds. The van der Waals surface area contributed by atoms with Crippen molar-refractivity contribution in [2.75, 3.05) is 27.2 Å². The molecule has 1 fully saturated rings. The second-order valence-electron chi connectivity index (χ2n) is 7.18. The molecular formula is C19H32N4. The number of aliphatic imine (C=N–C) groups is 1. The van der Waals surface area contributed by atoms with Gasteiger partial charge in [0.1, 0.15) is 0 Å². The van der Waals surface area contributed by atoms with Crippen LogP contribution < -0.4 is 11.1 Å². The smallest absolute Gasteiger partial charge is 0.188 e. The van der Waals surface area contributed by atoms with E-state index in [0.29, 0.717) is 5.96 Å². The minimum Gasteiger partial charge on any atom is -0.370 e. The van der Waals surface area contributed by atoms with Crippen molar-refractivity contribution in [1.29, 1.82) is 0 Å². The van der Waals surface area contributed by atoms with Crippen molar-refractivity contribution in [3.8, 4) is 0 Å². The summed E-state index contributed by atoms with van der Waals surface area (Å²) in [6, 6.07) is 10.5. The quantitative estimate of drug-likeness (QED) is 0.626. The van der Waals surface area contributed by atoms with E-state index >= 15 is 0 Å². The summed E-state index contributed by atoms with van der Waals surface area (Å²) in [5, 5.41) is 3.25. The Morgan fingerprint density at radius 1 is 1.35 bits per heavy atom. The molecule has 1 aromatic rings. The van der Waals surface area contributed by atoms with Gasteiger partial charge < -0.3 is 16.0 Å². The monoisotopic (exact) mass is 316 g/mol. The molecule has 0 bridgehead atoms. The first-order valence-corrected chi connectivity index (χ1v) is 8.77. The fourth-order valence-corrected chi connectivity index (χ4v) is 3.59. The Hall–Kier alpha value is -1.55. The Labute approximate surface area is 141 Å². The van der Waals surface area contributed by atoms with Crippen LogP contribution in [0.2, 0.25) is 0 Å². The molecule has 2 atom stereocenters. The molecule has 0 heterocycles. The molecule has 1 aliphatic carbocycles. The summed E-state index contributed by atoms with van der Waals surface area (Å²) in [5.74, 6) is 1.34. The molecule has 0 aliphatic heterocycles. The van der Waals surface area contributed by atoms with Crippen molar-refractivity contribution in [3.63, 3.8) is 0 Å². The first-order chi connectivity index (χ1) is 11.0. The lowest BCUT2D eigenvalue weighted by Crippen LogP contribution is -2.50. The van der Waals surface area contributed by atoms with Crippen LogP contribution in [0.15, 0.2) is 35.3 Å². The molecular weight excluding hydrogens is 284 g/mol. The Morgan fingerprint density at radius 3 is 2.74 bits per heavy atom. The fraction of sp³-hybridized carbons (Fsp3) is 0.632. The van der Waals surface area contributed by atoms with Crippen LogP contribution in [-0.2, 0) is 6.42 Å². The maximum Gasteiger partial charge on any atom is 0.188 e. The normalized spacial score (nSPS) is 25.6. The molecule has 23 heavy (non-hydrogen) atoms. The van der Waals surface area contributed by atoms with Gasteiger partial charge in [0.2, 0.25) is 0 Å². The van der Waals surface area contributed by atoms with Crippen LogP contribution in [0.5, 0.6) is 0 Å². The average molecular weight is 316 g/mol. The molecule has 0 radical (unpaired) electrons. The Bertz CT molecular complexity index is 497. The van der Waals surface area contributed by atoms with Crippen LogP contribution in [0.25, 0.3) is 0 Å². The van der Waals surface area contributed by atoms with Crippen LogP contribution in [0.1, 0.15) is 38.2 Å². The van der Waals surface area contributed by atoms with Gasteiger partial charge in [-0.25, -0.2) is 0 Å². The molecule has 4 heteroatoms. The van der Waals surface area contributed by atoms with E-state index in [-0.39, 0.29) is 5.54 Å². The van der Waals surface area contributed by atoms with E-state index in [9.17, 15) is 0 Å². The molecule has 4 nitrogen and oxygen atoms in total. The lowest BCUT2D eigenvalue weighted by Gasteiger charge is -2.44. The van der Waals surface area contributed by atoms with Gasteiger partial charge in [-0.05, 0) is 44.8 Å². The molecule has 0 aromatic heterocycles. The average Bonchev–Trinajstić information content (AvgIpc) is 2.54. The number of hydrogen-bond donors (Lipinski definition) is 2. The summed E-state index contributed by atoms with van der Waals surface area (Å²) in [6.45, 7) is 3.96. The second-order valence-corrected chi connectivity index (χ2v) is 7.18. The van der Waals surface area contributed by atoms with Gasteiger partial charge in [0.15, 0.2) is 5.96 Å². The standard InChI is InChI=1S/C19H32N4/c1-16-8-7-12-19(14-16,23(2)3)15-22-18(20)21-13-11-17-9-5-4-6-10-17/h4-6,9-10,16H,7-8,11-15H2,1-3H3,(H3,20,21,22). The SMILES string of the molecule is CC1CCCC(CN=C(N)NCCc2ccccc2)(N(C)C)C1. The maximum absolute atomic E-state index is 6.07. The number of nitrogens with zero attached hydrogens (tertiary/aromatic N) is 2. The lowest BCUT2D eigenvalue weighted by molar-refractivity contribution is 0.0845. The van der Waals surface area contributed by atoms with Crippen LogP contribution >= 0.6 is 0 Å². The highest BCUT2D eigenvalue weighted by molar-refractivity contribution is 5.77. The second kappa shape index (κ2) is 8.34. The zero-order chi connectivity index (χ0) is 16.7. The van der Waals surface area contributed by atoms with Crippen LogP contribution in [0, 0.1) is 5.92 Å². The lowest BCUT2D eigenvalue weighted by atomic mass is 9.75. The largest absolute Gasteiger partial charge is 0.370 e. The van der Waals surface area contributed by atoms with Gasteiger partial charge in [-0.15, -0.1) is 0 Å². The van der Waals surface area contributed by atoms with Gasteiger partial charge in [0.25, 0.3) is 0 Å². The Balaban J connectivity index is 1.84. The van der Waals surface area contributed by atoms with Crippen molar-refractivity contribution in [1.82, 2.24) is 10.2 Å². The van der Waals surface area contributed by atoms with Gasteiger partial charge in [0.05, 0.1) is 6.54 Å². The number of nitrogens with two attached hydrogens (primary N) is 1. The fourth-order valence-electron chi connectivity index (χ4n) is 3.59. The van der Waals surface area contributed by atoms with Gasteiger partial charge in [-0.1, -0.05) is 50.1 Å². The van der Waals surface area contributed by atoms with E-state index in [1.54, 1.807) is 0 Å². The highest BCUT2D eigenvalue weighted by Gasteiger charge is 2.36. The van der Waals surface area contributed by atoms with Gasteiger partial charge in [-0.3, -0.25) is 4.99 Å². The molecule has 1 aliphatic rings. The van der Waals surface area contributed by atoms with Gasteiger partial charge in [-0.2, -0.15) is 0 Å². The van der Waals surface area contributed by atoms with Crippen LogP contribution in [-0.4, -0.2) is 43.6 Å². The molecule has 0 saturated heterocycles. The number of hydrogen-bond acceptors (Lipinski definition) is 2. The number of benzene rings is 1. The van der Waals surface area contributed by atoms with Gasteiger partial charge in [0, 0.05) is 12.1 Å². The molecule has 1 saturated carbocycles. The molecule has 2 rings (SSSR count). The van der Waals surface area contributed by atoms with Crippen LogP contribution in [0.3, 0.4) is 0 Å². The van der Waals surface area contributed by atoms with Crippen molar-refractivity contribution < 1.29 is 0 Å². The minimum absolute atomic E-state index is 0.170. The Kier molecular flexibility index (Phi) is 6.46. The molecule has 2 unspecified atom stereocenters. The third-order valence-corrected chi connectivity index (χ3v) is 5.12. The number of guanidine groups is 1. The highest BCUT2D eigenvalue weighted by Crippen LogP contribution is 2.35. The van der Waals surface area contributed by atoms with Crippen molar-refractivity contribution in [2.24, 2.45) is 16.6 Å². The van der Waals surface area contributed by atoms with Crippen molar-refractivity contribution >= 4 is 5.96 Å². The molecule has 0 spiro atoms. The summed E-state index contributed by atoms with van der Waals surface area (Å²) in [6.07, 6.45) is 6.01. The summed E-state index contributed by atoms with van der Waals surface area (Å²) in [7, 11) is 4.35. The third-order valence-electron chi connectivity index (χ3n) is 5.12. The summed E-state index contributed by atoms with van der Waals surface area (Å²) in [4.78, 5) is 7.00. The summed E-state index contributed by atoms with van der Waals surface area (Å²) >= 11 is 0. The minimum atomic E-state index is 0.170. The van der Waals surface area contributed by atoms with E-state index in [0.717, 1.165) is 25.4 Å². The van der Waals surface area contributed by atoms with Gasteiger partial charge >= 0.3 is 0 Å². The van der Waals surface area contributed by atoms with Crippen LogP contribution in [0.4, 0.5) is 0 Å². The zero-order valence-electron chi connectivity index (χ0n) is 14.9. The zero-order valence-corrected chi connectivity index (χ0v) is 14.9. The number of rotatable bonds is 6. The topological polar surface area (TPSA) is 53.6 Å². The predicted octanol–water partition coefficient (Wildman–Crippen LogP) is 2.64. The van der Waals surface area contributed by atoms with E-state index in [1.165, 1.54) is 31.2 Å². The number of likely N-dealkylation sites (N-methyl/N-ethyl adjacent to an activating group) is 1. The maximum atomic E-state index is 6.07. The van der Waals surface area contributed by atoms with E-state index in [2.05, 4.69) is 60.5 Å². The van der Waals surface area contributed by atoms with E-state index < -0.39 is 0 Å². The van der Waals surface area contributed by atoms with Crippen molar-refractivity contribution in [3.05, 3.63) is 35.9 Å². The van der Waals surface area contributed by atoms with E-state index in [1.807, 2.05) is 6.07 Å². The summed E-state index contributed by atoms with van der Waals surface area (Å²) < 4.78 is 0. The summed E-state index contributed by atoms with van der Waals surface area (Å²) in [5.41, 5.74) is 7.56. The first-order valence-electron chi connectivity index (χ1n) is 8.77. The first kappa shape index (κ1) is 17.8. The third kappa shape index (κ3) is 5.24. The highest BCUT2D eigenvalue weighted by atomic mass is 15.2. The van der Waals surface area contributed by atoms with Crippen molar-refractivity contribution in [2.45, 2.75) is 44.6 Å². The number of nitrogens with one attached hydrogen (secondary N) is 1.